The molecule has 1 saturated carbocycles. The fraction of sp³-hybridized carbons (Fsp3) is 0.412. The Hall–Kier alpha value is -2.09. The number of hydrogen-bond acceptors (Lipinski definition) is 2. The van der Waals surface area contributed by atoms with Gasteiger partial charge in [-0.15, -0.1) is 0 Å². The second-order valence-corrected chi connectivity index (χ2v) is 6.79. The van der Waals surface area contributed by atoms with Gasteiger partial charge in [-0.3, -0.25) is 9.48 Å². The number of carbonyl (C=O) groups excluding carboxylic acids is 1. The summed E-state index contributed by atoms with van der Waals surface area (Å²) >= 11 is 5.91. The third-order valence-corrected chi connectivity index (χ3v) is 4.62. The monoisotopic (exact) mass is 389 g/mol. The maximum Gasteiger partial charge on any atom is 0.436 e. The molecule has 1 aromatic heterocycles. The van der Waals surface area contributed by atoms with E-state index in [0.29, 0.717) is 12.8 Å². The van der Waals surface area contributed by atoms with Gasteiger partial charge in [-0.2, -0.15) is 18.3 Å². The molecule has 1 aromatic carbocycles. The van der Waals surface area contributed by atoms with Crippen molar-refractivity contribution in [3.8, 4) is 0 Å². The van der Waals surface area contributed by atoms with Crippen LogP contribution in [0.4, 0.5) is 23.2 Å². The Bertz CT molecular complexity index is 858. The molecule has 0 aliphatic heterocycles. The lowest BCUT2D eigenvalue weighted by Crippen LogP contribution is -2.26. The molecule has 1 atom stereocenters. The normalized spacial score (nSPS) is 15.8. The molecule has 1 aliphatic rings. The van der Waals surface area contributed by atoms with Gasteiger partial charge in [-0.1, -0.05) is 17.7 Å². The van der Waals surface area contributed by atoms with Crippen molar-refractivity contribution in [1.29, 1.82) is 0 Å². The fourth-order valence-corrected chi connectivity index (χ4v) is 3.10. The van der Waals surface area contributed by atoms with Crippen molar-refractivity contribution in [3.05, 3.63) is 46.0 Å². The van der Waals surface area contributed by atoms with Crippen LogP contribution in [0.15, 0.2) is 18.2 Å². The van der Waals surface area contributed by atoms with Crippen LogP contribution in [0.2, 0.25) is 5.02 Å². The molecule has 0 radical (unpaired) electrons. The number of nitrogens with one attached hydrogen (secondary N) is 1. The maximum atomic E-state index is 13.8. The minimum absolute atomic E-state index is 0.0379. The Morgan fingerprint density at radius 2 is 2.04 bits per heavy atom. The van der Waals surface area contributed by atoms with E-state index in [1.165, 1.54) is 19.1 Å². The summed E-state index contributed by atoms with van der Waals surface area (Å²) in [6.45, 7) is 3.13. The van der Waals surface area contributed by atoms with Crippen LogP contribution in [0.3, 0.4) is 0 Å². The number of aryl methyl sites for hydroxylation is 1. The Balaban J connectivity index is 1.93. The van der Waals surface area contributed by atoms with E-state index in [4.69, 9.17) is 11.6 Å². The topological polar surface area (TPSA) is 46.9 Å². The van der Waals surface area contributed by atoms with E-state index < -0.39 is 34.7 Å². The minimum Gasteiger partial charge on any atom is -0.322 e. The molecule has 1 N–H and O–H groups in total. The van der Waals surface area contributed by atoms with Crippen molar-refractivity contribution in [2.75, 3.05) is 5.32 Å². The number of halogens is 5. The smallest absolute Gasteiger partial charge is 0.322 e. The van der Waals surface area contributed by atoms with E-state index in [9.17, 15) is 22.4 Å². The number of rotatable bonds is 4. The van der Waals surface area contributed by atoms with Crippen molar-refractivity contribution in [2.24, 2.45) is 0 Å². The zero-order chi connectivity index (χ0) is 19.2. The molecule has 4 nitrogen and oxygen atoms in total. The molecule has 1 unspecified atom stereocenters. The molecule has 0 bridgehead atoms. The van der Waals surface area contributed by atoms with E-state index in [1.54, 1.807) is 13.0 Å². The molecular weight excluding hydrogens is 374 g/mol. The summed E-state index contributed by atoms with van der Waals surface area (Å²) in [4.78, 5) is 12.5. The first-order valence-electron chi connectivity index (χ1n) is 8.01. The lowest BCUT2D eigenvalue weighted by atomic mass is 10.2. The standard InChI is InChI=1S/C17H16ClF4N3O/c1-8-3-6-11(19)12(7-8)23-16(26)9(2)25-14(10-4-5-10)13(18)15(24-25)17(20,21)22/h3,6-7,9-10H,4-5H2,1-2H3,(H,23,26). The minimum atomic E-state index is -4.72. The highest BCUT2D eigenvalue weighted by Gasteiger charge is 2.43. The van der Waals surface area contributed by atoms with Gasteiger partial charge in [-0.25, -0.2) is 4.39 Å². The molecule has 2 aromatic rings. The highest BCUT2D eigenvalue weighted by atomic mass is 35.5. The number of amides is 1. The van der Waals surface area contributed by atoms with Crippen molar-refractivity contribution in [1.82, 2.24) is 9.78 Å². The molecule has 3 rings (SSSR count). The van der Waals surface area contributed by atoms with Crippen molar-refractivity contribution in [3.63, 3.8) is 0 Å². The molecule has 0 spiro atoms. The number of carbonyl (C=O) groups is 1. The van der Waals surface area contributed by atoms with Crippen LogP contribution in [0.1, 0.15) is 48.7 Å². The van der Waals surface area contributed by atoms with Gasteiger partial charge in [0.05, 0.1) is 16.4 Å². The first-order chi connectivity index (χ1) is 12.1. The summed E-state index contributed by atoms with van der Waals surface area (Å²) in [5.74, 6) is -1.46. The summed E-state index contributed by atoms with van der Waals surface area (Å²) in [5.41, 5.74) is -0.313. The lowest BCUT2D eigenvalue weighted by Gasteiger charge is -2.16. The highest BCUT2D eigenvalue weighted by Crippen LogP contribution is 2.47. The van der Waals surface area contributed by atoms with Crippen molar-refractivity contribution in [2.45, 2.75) is 44.8 Å². The average Bonchev–Trinajstić information content (AvgIpc) is 3.31. The Kier molecular flexibility index (Phi) is 4.72. The van der Waals surface area contributed by atoms with E-state index in [2.05, 4.69) is 10.4 Å². The Labute approximate surface area is 152 Å². The molecule has 9 heteroatoms. The van der Waals surface area contributed by atoms with E-state index in [0.717, 1.165) is 10.2 Å². The molecule has 26 heavy (non-hydrogen) atoms. The number of hydrogen-bond donors (Lipinski definition) is 1. The summed E-state index contributed by atoms with van der Waals surface area (Å²) in [6.07, 6.45) is -3.35. The van der Waals surface area contributed by atoms with E-state index in [-0.39, 0.29) is 17.3 Å². The van der Waals surface area contributed by atoms with Crippen LogP contribution < -0.4 is 5.32 Å². The summed E-state index contributed by atoms with van der Waals surface area (Å²) < 4.78 is 54.2. The van der Waals surface area contributed by atoms with Gasteiger partial charge < -0.3 is 5.32 Å². The van der Waals surface area contributed by atoms with Gasteiger partial charge in [0.2, 0.25) is 5.91 Å². The second kappa shape index (κ2) is 6.57. The highest BCUT2D eigenvalue weighted by molar-refractivity contribution is 6.32. The number of benzene rings is 1. The van der Waals surface area contributed by atoms with Crippen molar-refractivity contribution < 1.29 is 22.4 Å². The molecule has 1 heterocycles. The zero-order valence-electron chi connectivity index (χ0n) is 14.0. The molecule has 0 saturated heterocycles. The first kappa shape index (κ1) is 18.7. The van der Waals surface area contributed by atoms with Crippen LogP contribution in [0.5, 0.6) is 0 Å². The molecular formula is C17H16ClF4N3O. The summed E-state index contributed by atoms with van der Waals surface area (Å²) in [6, 6.07) is 3.11. The van der Waals surface area contributed by atoms with Gasteiger partial charge in [0.1, 0.15) is 11.9 Å². The number of alkyl halides is 3. The van der Waals surface area contributed by atoms with Gasteiger partial charge >= 0.3 is 6.18 Å². The van der Waals surface area contributed by atoms with Crippen LogP contribution >= 0.6 is 11.6 Å². The number of anilines is 1. The summed E-state index contributed by atoms with van der Waals surface area (Å²) in [5, 5.41) is 5.48. The quantitative estimate of drug-likeness (QED) is 0.741. The summed E-state index contributed by atoms with van der Waals surface area (Å²) in [7, 11) is 0. The van der Waals surface area contributed by atoms with Crippen LogP contribution in [-0.2, 0) is 11.0 Å². The van der Waals surface area contributed by atoms with Gasteiger partial charge in [-0.05, 0) is 44.4 Å². The van der Waals surface area contributed by atoms with Crippen LogP contribution in [-0.4, -0.2) is 15.7 Å². The fourth-order valence-electron chi connectivity index (χ4n) is 2.71. The van der Waals surface area contributed by atoms with Crippen LogP contribution in [0, 0.1) is 12.7 Å². The number of aromatic nitrogens is 2. The Morgan fingerprint density at radius 1 is 1.38 bits per heavy atom. The van der Waals surface area contributed by atoms with Gasteiger partial charge in [0.25, 0.3) is 0 Å². The molecule has 1 amide bonds. The zero-order valence-corrected chi connectivity index (χ0v) is 14.7. The number of nitrogens with zero attached hydrogens (tertiary/aromatic N) is 2. The SMILES string of the molecule is Cc1ccc(F)c(NC(=O)C(C)n2nc(C(F)(F)F)c(Cl)c2C2CC2)c1. The third-order valence-electron chi connectivity index (χ3n) is 4.25. The average molecular weight is 390 g/mol. The second-order valence-electron chi connectivity index (χ2n) is 6.41. The maximum absolute atomic E-state index is 13.8. The van der Waals surface area contributed by atoms with Crippen molar-refractivity contribution >= 4 is 23.2 Å². The predicted molar refractivity (Wildman–Crippen MR) is 88.7 cm³/mol. The Morgan fingerprint density at radius 3 is 2.62 bits per heavy atom. The molecule has 140 valence electrons. The largest absolute Gasteiger partial charge is 0.436 e. The lowest BCUT2D eigenvalue weighted by molar-refractivity contribution is -0.141. The predicted octanol–water partition coefficient (Wildman–Crippen LogP) is 5.08. The first-order valence-corrected chi connectivity index (χ1v) is 8.39. The van der Waals surface area contributed by atoms with Gasteiger partial charge in [0, 0.05) is 5.92 Å². The van der Waals surface area contributed by atoms with E-state index in [1.807, 2.05) is 0 Å². The van der Waals surface area contributed by atoms with E-state index >= 15 is 0 Å². The molecule has 1 aliphatic carbocycles. The third kappa shape index (κ3) is 3.56. The molecule has 1 fully saturated rings. The van der Waals surface area contributed by atoms with Crippen LogP contribution in [0.25, 0.3) is 0 Å². The van der Waals surface area contributed by atoms with Gasteiger partial charge in [0.15, 0.2) is 5.69 Å².